The summed E-state index contributed by atoms with van der Waals surface area (Å²) in [6, 6.07) is 7.17. The highest BCUT2D eigenvalue weighted by atomic mass is 35.5. The summed E-state index contributed by atoms with van der Waals surface area (Å²) in [4.78, 5) is 13.9. The van der Waals surface area contributed by atoms with Gasteiger partial charge in [-0.3, -0.25) is 4.79 Å². The summed E-state index contributed by atoms with van der Waals surface area (Å²) < 4.78 is 5.64. The molecule has 0 radical (unpaired) electrons. The van der Waals surface area contributed by atoms with Gasteiger partial charge in [-0.05, 0) is 31.4 Å². The molecule has 0 saturated carbocycles. The van der Waals surface area contributed by atoms with Crippen molar-refractivity contribution < 1.29 is 9.53 Å². The Hall–Kier alpha value is -1.26. The summed E-state index contributed by atoms with van der Waals surface area (Å²) in [5.41, 5.74) is 6.91. The molecule has 1 fully saturated rings. The first-order chi connectivity index (χ1) is 8.68. The largest absolute Gasteiger partial charge is 0.398 e. The van der Waals surface area contributed by atoms with Gasteiger partial charge in [0.1, 0.15) is 0 Å². The van der Waals surface area contributed by atoms with Crippen LogP contribution in [0.25, 0.3) is 0 Å². The van der Waals surface area contributed by atoms with E-state index in [1.807, 2.05) is 12.1 Å². The zero-order chi connectivity index (χ0) is 13.0. The number of nitrogens with zero attached hydrogens (tertiary/aromatic N) is 1. The quantitative estimate of drug-likeness (QED) is 0.867. The molecule has 1 saturated heterocycles. The predicted octanol–water partition coefficient (Wildman–Crippen LogP) is 2.33. The van der Waals surface area contributed by atoms with Gasteiger partial charge >= 0.3 is 0 Å². The van der Waals surface area contributed by atoms with E-state index in [2.05, 4.69) is 0 Å². The molecule has 1 aliphatic rings. The summed E-state index contributed by atoms with van der Waals surface area (Å²) in [6.07, 6.45) is 3.50. The van der Waals surface area contributed by atoms with Crippen LogP contribution in [0.5, 0.6) is 0 Å². The second kappa shape index (κ2) is 7.36. The van der Waals surface area contributed by atoms with Gasteiger partial charge in [0.05, 0.1) is 11.7 Å². The highest BCUT2D eigenvalue weighted by Crippen LogP contribution is 2.16. The lowest BCUT2D eigenvalue weighted by molar-refractivity contribution is -0.000170. The number of anilines is 1. The lowest BCUT2D eigenvalue weighted by Gasteiger charge is -2.27. The van der Waals surface area contributed by atoms with Crippen LogP contribution in [0.1, 0.15) is 29.6 Å². The molecule has 1 aliphatic heterocycles. The lowest BCUT2D eigenvalue weighted by atomic mass is 10.1. The number of ether oxygens (including phenoxy) is 1. The summed E-state index contributed by atoms with van der Waals surface area (Å²) >= 11 is 0. The van der Waals surface area contributed by atoms with Crippen LogP contribution in [0, 0.1) is 0 Å². The maximum Gasteiger partial charge on any atom is 0.255 e. The first kappa shape index (κ1) is 15.8. The van der Waals surface area contributed by atoms with E-state index < -0.39 is 0 Å². The van der Waals surface area contributed by atoms with Crippen LogP contribution in [0.4, 0.5) is 5.69 Å². The van der Waals surface area contributed by atoms with Gasteiger partial charge < -0.3 is 15.4 Å². The number of likely N-dealkylation sites (N-methyl/N-ethyl adjacent to an activating group) is 1. The Morgan fingerprint density at radius 1 is 1.42 bits per heavy atom. The molecule has 0 bridgehead atoms. The molecule has 4 nitrogen and oxygen atoms in total. The van der Waals surface area contributed by atoms with Crippen molar-refractivity contribution >= 4 is 24.0 Å². The molecule has 106 valence electrons. The van der Waals surface area contributed by atoms with Gasteiger partial charge in [-0.15, -0.1) is 12.4 Å². The fraction of sp³-hybridized carbons (Fsp3) is 0.500. The standard InChI is InChI=1S/C14H20N2O2.ClH/c1-16(10-11-6-4-5-9-18-11)14(17)12-7-2-3-8-13(12)15;/h2-3,7-8,11H,4-6,9-10,15H2,1H3;1H. The second-order valence-electron chi connectivity index (χ2n) is 4.76. The van der Waals surface area contributed by atoms with Crippen LogP contribution in [-0.4, -0.2) is 37.1 Å². The molecular weight excluding hydrogens is 264 g/mol. The molecule has 5 heteroatoms. The fourth-order valence-electron chi connectivity index (χ4n) is 2.24. The summed E-state index contributed by atoms with van der Waals surface area (Å²) in [7, 11) is 1.80. The Balaban J connectivity index is 0.00000180. The van der Waals surface area contributed by atoms with E-state index in [-0.39, 0.29) is 24.4 Å². The highest BCUT2D eigenvalue weighted by molar-refractivity contribution is 5.98. The highest BCUT2D eigenvalue weighted by Gasteiger charge is 2.20. The topological polar surface area (TPSA) is 55.6 Å². The van der Waals surface area contributed by atoms with E-state index in [4.69, 9.17) is 10.5 Å². The minimum Gasteiger partial charge on any atom is -0.398 e. The van der Waals surface area contributed by atoms with Gasteiger partial charge in [-0.2, -0.15) is 0 Å². The van der Waals surface area contributed by atoms with Gasteiger partial charge in [-0.25, -0.2) is 0 Å². The van der Waals surface area contributed by atoms with Crippen LogP contribution in [0.3, 0.4) is 0 Å². The molecule has 0 aliphatic carbocycles. The Bertz CT molecular complexity index is 420. The molecule has 2 rings (SSSR count). The van der Waals surface area contributed by atoms with Crippen molar-refractivity contribution in [3.05, 3.63) is 29.8 Å². The van der Waals surface area contributed by atoms with E-state index in [1.54, 1.807) is 24.1 Å². The van der Waals surface area contributed by atoms with Crippen molar-refractivity contribution in [3.8, 4) is 0 Å². The van der Waals surface area contributed by atoms with Crippen molar-refractivity contribution in [1.29, 1.82) is 0 Å². The third-order valence-electron chi connectivity index (χ3n) is 3.29. The van der Waals surface area contributed by atoms with Crippen LogP contribution < -0.4 is 5.73 Å². The minimum absolute atomic E-state index is 0. The third kappa shape index (κ3) is 4.11. The molecule has 19 heavy (non-hydrogen) atoms. The Kier molecular flexibility index (Phi) is 6.12. The number of nitrogen functional groups attached to an aromatic ring is 1. The van der Waals surface area contributed by atoms with E-state index in [0.717, 1.165) is 19.4 Å². The molecule has 2 N–H and O–H groups in total. The van der Waals surface area contributed by atoms with Gasteiger partial charge in [0.2, 0.25) is 0 Å². The Morgan fingerprint density at radius 2 is 2.16 bits per heavy atom. The van der Waals surface area contributed by atoms with Crippen LogP contribution in [0.2, 0.25) is 0 Å². The number of hydrogen-bond donors (Lipinski definition) is 1. The van der Waals surface area contributed by atoms with Gasteiger partial charge in [0, 0.05) is 25.9 Å². The minimum atomic E-state index is -0.0396. The average Bonchev–Trinajstić information content (AvgIpc) is 2.39. The van der Waals surface area contributed by atoms with E-state index in [9.17, 15) is 4.79 Å². The Morgan fingerprint density at radius 3 is 2.79 bits per heavy atom. The normalized spacial score (nSPS) is 18.5. The number of nitrogens with two attached hydrogens (primary N) is 1. The number of carbonyl (C=O) groups excluding carboxylic acids is 1. The molecular formula is C14H21ClN2O2. The number of hydrogen-bond acceptors (Lipinski definition) is 3. The van der Waals surface area contributed by atoms with Crippen LogP contribution in [0.15, 0.2) is 24.3 Å². The van der Waals surface area contributed by atoms with E-state index >= 15 is 0 Å². The van der Waals surface area contributed by atoms with E-state index in [0.29, 0.717) is 17.8 Å². The Labute approximate surface area is 120 Å². The summed E-state index contributed by atoms with van der Waals surface area (Å²) in [5.74, 6) is -0.0396. The average molecular weight is 285 g/mol. The zero-order valence-corrected chi connectivity index (χ0v) is 12.0. The van der Waals surface area contributed by atoms with Gasteiger partial charge in [0.15, 0.2) is 0 Å². The van der Waals surface area contributed by atoms with Crippen LogP contribution >= 0.6 is 12.4 Å². The van der Waals surface area contributed by atoms with Crippen molar-refractivity contribution in [2.24, 2.45) is 0 Å². The first-order valence-electron chi connectivity index (χ1n) is 6.40. The number of carbonyl (C=O) groups is 1. The summed E-state index contributed by atoms with van der Waals surface area (Å²) in [5, 5.41) is 0. The number of halogens is 1. The third-order valence-corrected chi connectivity index (χ3v) is 3.29. The van der Waals surface area contributed by atoms with Crippen molar-refractivity contribution in [2.45, 2.75) is 25.4 Å². The fourth-order valence-corrected chi connectivity index (χ4v) is 2.24. The molecule has 0 aromatic heterocycles. The van der Waals surface area contributed by atoms with E-state index in [1.165, 1.54) is 6.42 Å². The van der Waals surface area contributed by atoms with Gasteiger partial charge in [-0.1, -0.05) is 12.1 Å². The SMILES string of the molecule is CN(CC1CCCCO1)C(=O)c1ccccc1N.Cl. The smallest absolute Gasteiger partial charge is 0.255 e. The summed E-state index contributed by atoms with van der Waals surface area (Å²) in [6.45, 7) is 1.44. The molecule has 0 spiro atoms. The molecule has 1 atom stereocenters. The molecule has 1 amide bonds. The molecule has 1 unspecified atom stereocenters. The van der Waals surface area contributed by atoms with Crippen LogP contribution in [-0.2, 0) is 4.74 Å². The molecule has 1 aromatic carbocycles. The lowest BCUT2D eigenvalue weighted by Crippen LogP contribution is -2.37. The number of rotatable bonds is 3. The predicted molar refractivity (Wildman–Crippen MR) is 78.7 cm³/mol. The number of amides is 1. The first-order valence-corrected chi connectivity index (χ1v) is 6.40. The van der Waals surface area contributed by atoms with Crippen molar-refractivity contribution in [2.75, 3.05) is 25.9 Å². The zero-order valence-electron chi connectivity index (χ0n) is 11.2. The monoisotopic (exact) mass is 284 g/mol. The maximum atomic E-state index is 12.2. The number of para-hydroxylation sites is 1. The molecule has 1 heterocycles. The second-order valence-corrected chi connectivity index (χ2v) is 4.76. The van der Waals surface area contributed by atoms with Crippen molar-refractivity contribution in [1.82, 2.24) is 4.90 Å². The number of benzene rings is 1. The van der Waals surface area contributed by atoms with Gasteiger partial charge in [0.25, 0.3) is 5.91 Å². The molecule has 1 aromatic rings. The maximum absolute atomic E-state index is 12.2. The van der Waals surface area contributed by atoms with Crippen molar-refractivity contribution in [3.63, 3.8) is 0 Å².